The maximum absolute atomic E-state index is 13.8. The molecule has 5 heteroatoms. The zero-order chi connectivity index (χ0) is 13.4. The molecule has 2 aromatic rings. The summed E-state index contributed by atoms with van der Waals surface area (Å²) in [6.45, 7) is 0. The topological polar surface area (TPSA) is 48.1 Å². The number of halogens is 2. The van der Waals surface area contributed by atoms with Gasteiger partial charge < -0.3 is 10.5 Å². The van der Waals surface area contributed by atoms with Crippen LogP contribution in [0, 0.1) is 5.82 Å². The van der Waals surface area contributed by atoms with Gasteiger partial charge in [-0.3, -0.25) is 4.98 Å². The fourth-order valence-corrected chi connectivity index (χ4v) is 2.21. The lowest BCUT2D eigenvalue weighted by molar-refractivity contribution is 0.414. The van der Waals surface area contributed by atoms with E-state index in [-0.39, 0.29) is 24.3 Å². The molecule has 1 aliphatic carbocycles. The van der Waals surface area contributed by atoms with Crippen LogP contribution in [-0.4, -0.2) is 18.1 Å². The zero-order valence-electron chi connectivity index (χ0n) is 11.0. The number of methoxy groups -OCH3 is 1. The molecule has 1 aromatic heterocycles. The highest BCUT2D eigenvalue weighted by molar-refractivity contribution is 5.85. The van der Waals surface area contributed by atoms with Gasteiger partial charge >= 0.3 is 0 Å². The molecular weight excluding hydrogens is 279 g/mol. The van der Waals surface area contributed by atoms with Gasteiger partial charge in [-0.1, -0.05) is 6.07 Å². The van der Waals surface area contributed by atoms with Crippen molar-refractivity contribution in [3.63, 3.8) is 0 Å². The molecule has 20 heavy (non-hydrogen) atoms. The highest BCUT2D eigenvalue weighted by atomic mass is 35.5. The highest BCUT2D eigenvalue weighted by Crippen LogP contribution is 2.39. The Morgan fingerprint density at radius 1 is 1.30 bits per heavy atom. The molecule has 1 heterocycles. The fourth-order valence-electron chi connectivity index (χ4n) is 2.21. The van der Waals surface area contributed by atoms with Gasteiger partial charge in [-0.05, 0) is 36.2 Å². The number of aromatic nitrogens is 1. The largest absolute Gasteiger partial charge is 0.497 e. The fraction of sp³-hybridized carbons (Fsp3) is 0.267. The number of pyridine rings is 1. The third kappa shape index (κ3) is 2.76. The summed E-state index contributed by atoms with van der Waals surface area (Å²) >= 11 is 0. The van der Waals surface area contributed by atoms with Crippen LogP contribution < -0.4 is 10.5 Å². The van der Waals surface area contributed by atoms with E-state index < -0.39 is 0 Å². The smallest absolute Gasteiger partial charge is 0.132 e. The highest BCUT2D eigenvalue weighted by Gasteiger charge is 2.34. The molecule has 0 spiro atoms. The Kier molecular flexibility index (Phi) is 4.26. The Morgan fingerprint density at radius 3 is 2.60 bits per heavy atom. The molecule has 3 nitrogen and oxygen atoms in total. The summed E-state index contributed by atoms with van der Waals surface area (Å²) in [6.07, 6.45) is 2.79. The van der Waals surface area contributed by atoms with E-state index in [0.717, 1.165) is 12.0 Å². The lowest BCUT2D eigenvalue weighted by Crippen LogP contribution is -2.01. The lowest BCUT2D eigenvalue weighted by Gasteiger charge is -2.06. The van der Waals surface area contributed by atoms with Crippen molar-refractivity contribution in [3.05, 3.63) is 47.9 Å². The van der Waals surface area contributed by atoms with Gasteiger partial charge in [0.15, 0.2) is 0 Å². The first-order valence-electron chi connectivity index (χ1n) is 6.24. The summed E-state index contributed by atoms with van der Waals surface area (Å²) in [5, 5.41) is 0. The summed E-state index contributed by atoms with van der Waals surface area (Å²) < 4.78 is 18.9. The average molecular weight is 295 g/mol. The predicted molar refractivity (Wildman–Crippen MR) is 78.8 cm³/mol. The monoisotopic (exact) mass is 294 g/mol. The number of nitrogens with zero attached hydrogens (tertiary/aromatic N) is 1. The van der Waals surface area contributed by atoms with Gasteiger partial charge in [0.25, 0.3) is 0 Å². The van der Waals surface area contributed by atoms with Crippen LogP contribution in [-0.2, 0) is 0 Å². The molecule has 0 unspecified atom stereocenters. The van der Waals surface area contributed by atoms with Gasteiger partial charge in [0, 0.05) is 23.7 Å². The molecule has 1 aliphatic rings. The molecule has 1 aromatic carbocycles. The van der Waals surface area contributed by atoms with E-state index in [2.05, 4.69) is 4.98 Å². The zero-order valence-corrected chi connectivity index (χ0v) is 11.9. The van der Waals surface area contributed by atoms with Crippen LogP contribution in [0.1, 0.15) is 17.9 Å². The first kappa shape index (κ1) is 14.8. The molecule has 0 bridgehead atoms. The minimum absolute atomic E-state index is 0. The predicted octanol–water partition coefficient (Wildman–Crippen LogP) is 3.13. The van der Waals surface area contributed by atoms with Gasteiger partial charge in [0.2, 0.25) is 0 Å². The van der Waals surface area contributed by atoms with E-state index in [1.165, 1.54) is 6.07 Å². The Hall–Kier alpha value is -1.65. The molecule has 2 atom stereocenters. The maximum atomic E-state index is 13.8. The van der Waals surface area contributed by atoms with Gasteiger partial charge in [0.05, 0.1) is 12.8 Å². The van der Waals surface area contributed by atoms with Crippen LogP contribution in [0.2, 0.25) is 0 Å². The standard InChI is InChI=1S/C15H15FN2O.ClH/c1-19-10-3-4-13(16)12(6-10)15-5-2-9(8-18-15)11-7-14(11)17;/h2-6,8,11,14H,7,17H2,1H3;1H/t11-,14+;/m1./s1. The molecule has 3 rings (SSSR count). The van der Waals surface area contributed by atoms with Crippen molar-refractivity contribution in [2.75, 3.05) is 7.11 Å². The lowest BCUT2D eigenvalue weighted by atomic mass is 10.1. The molecule has 0 aliphatic heterocycles. The van der Waals surface area contributed by atoms with Crippen molar-refractivity contribution in [2.24, 2.45) is 5.73 Å². The van der Waals surface area contributed by atoms with Crippen LogP contribution in [0.4, 0.5) is 4.39 Å². The second-order valence-corrected chi connectivity index (χ2v) is 4.83. The Labute approximate surface area is 123 Å². The van der Waals surface area contributed by atoms with Crippen molar-refractivity contribution in [3.8, 4) is 17.0 Å². The second kappa shape index (κ2) is 5.77. The van der Waals surface area contributed by atoms with Gasteiger partial charge in [0.1, 0.15) is 11.6 Å². The summed E-state index contributed by atoms with van der Waals surface area (Å²) in [5.41, 5.74) is 7.99. The molecule has 1 saturated carbocycles. The number of nitrogens with two attached hydrogens (primary N) is 1. The first-order valence-corrected chi connectivity index (χ1v) is 6.24. The average Bonchev–Trinajstić information content (AvgIpc) is 3.17. The minimum Gasteiger partial charge on any atom is -0.497 e. The van der Waals surface area contributed by atoms with Crippen molar-refractivity contribution in [1.29, 1.82) is 0 Å². The van der Waals surface area contributed by atoms with Crippen LogP contribution >= 0.6 is 12.4 Å². The Bertz CT molecular complexity index is 603. The SMILES string of the molecule is COc1ccc(F)c(-c2ccc([C@H]3C[C@@H]3N)cn2)c1.Cl. The number of ether oxygens (including phenoxy) is 1. The normalized spacial score (nSPS) is 20.1. The van der Waals surface area contributed by atoms with Gasteiger partial charge in [-0.15, -0.1) is 12.4 Å². The van der Waals surface area contributed by atoms with E-state index in [1.807, 2.05) is 12.1 Å². The van der Waals surface area contributed by atoms with Gasteiger partial charge in [-0.25, -0.2) is 4.39 Å². The third-order valence-corrected chi connectivity index (χ3v) is 3.50. The minimum atomic E-state index is -0.302. The van der Waals surface area contributed by atoms with E-state index in [1.54, 1.807) is 25.4 Å². The van der Waals surface area contributed by atoms with Crippen molar-refractivity contribution in [2.45, 2.75) is 18.4 Å². The van der Waals surface area contributed by atoms with Crippen LogP contribution in [0.15, 0.2) is 36.5 Å². The Balaban J connectivity index is 0.00000147. The van der Waals surface area contributed by atoms with Crippen molar-refractivity contribution >= 4 is 12.4 Å². The summed E-state index contributed by atoms with van der Waals surface area (Å²) in [6, 6.07) is 8.69. The van der Waals surface area contributed by atoms with Crippen LogP contribution in [0.3, 0.4) is 0 Å². The molecule has 106 valence electrons. The van der Waals surface area contributed by atoms with E-state index in [0.29, 0.717) is 22.9 Å². The molecule has 1 fully saturated rings. The van der Waals surface area contributed by atoms with Gasteiger partial charge in [-0.2, -0.15) is 0 Å². The van der Waals surface area contributed by atoms with Crippen LogP contribution in [0.5, 0.6) is 5.75 Å². The summed E-state index contributed by atoms with van der Waals surface area (Å²) in [7, 11) is 1.56. The molecular formula is C15H16ClFN2O. The first-order chi connectivity index (χ1) is 9.19. The van der Waals surface area contributed by atoms with Crippen LogP contribution in [0.25, 0.3) is 11.3 Å². The summed E-state index contributed by atoms with van der Waals surface area (Å²) in [5.74, 6) is 0.729. The quantitative estimate of drug-likeness (QED) is 0.946. The number of rotatable bonds is 3. The number of benzene rings is 1. The maximum Gasteiger partial charge on any atom is 0.132 e. The van der Waals surface area contributed by atoms with Crippen molar-refractivity contribution < 1.29 is 9.13 Å². The number of hydrogen-bond donors (Lipinski definition) is 1. The van der Waals surface area contributed by atoms with Crippen molar-refractivity contribution in [1.82, 2.24) is 4.98 Å². The number of hydrogen-bond acceptors (Lipinski definition) is 3. The molecule has 0 radical (unpaired) electrons. The summed E-state index contributed by atoms with van der Waals surface area (Å²) in [4.78, 5) is 4.33. The molecule has 0 saturated heterocycles. The van der Waals surface area contributed by atoms with E-state index >= 15 is 0 Å². The van der Waals surface area contributed by atoms with E-state index in [4.69, 9.17) is 10.5 Å². The van der Waals surface area contributed by atoms with E-state index in [9.17, 15) is 4.39 Å². The molecule has 0 amide bonds. The third-order valence-electron chi connectivity index (χ3n) is 3.50. The Morgan fingerprint density at radius 2 is 2.05 bits per heavy atom. The molecule has 2 N–H and O–H groups in total. The second-order valence-electron chi connectivity index (χ2n) is 4.83.